The molecular formula is C16H21NO. The molecule has 1 N–H and O–H groups in total. The van der Waals surface area contributed by atoms with E-state index in [1.165, 1.54) is 31.2 Å². The maximum atomic E-state index is 12.6. The Morgan fingerprint density at radius 1 is 1.06 bits per heavy atom. The molecule has 0 saturated carbocycles. The van der Waals surface area contributed by atoms with Gasteiger partial charge >= 0.3 is 0 Å². The van der Waals surface area contributed by atoms with E-state index in [4.69, 9.17) is 0 Å². The highest BCUT2D eigenvalue weighted by atomic mass is 16.1. The van der Waals surface area contributed by atoms with Crippen LogP contribution in [0.3, 0.4) is 0 Å². The van der Waals surface area contributed by atoms with Crippen LogP contribution in [0.15, 0.2) is 24.3 Å². The first-order valence-electron chi connectivity index (χ1n) is 7.22. The van der Waals surface area contributed by atoms with Crippen LogP contribution in [0.5, 0.6) is 0 Å². The first-order valence-corrected chi connectivity index (χ1v) is 7.22. The Balaban J connectivity index is 1.81. The minimum Gasteiger partial charge on any atom is -0.313 e. The van der Waals surface area contributed by atoms with Crippen LogP contribution >= 0.6 is 0 Å². The second-order valence-corrected chi connectivity index (χ2v) is 5.58. The molecule has 1 fully saturated rings. The number of ketones is 1. The molecule has 3 rings (SSSR count). The molecule has 1 aromatic carbocycles. The highest BCUT2D eigenvalue weighted by Crippen LogP contribution is 2.30. The normalized spacial score (nSPS) is 28.6. The van der Waals surface area contributed by atoms with Crippen molar-refractivity contribution in [2.45, 2.75) is 44.6 Å². The molecule has 0 spiro atoms. The molecule has 1 saturated heterocycles. The third-order valence-corrected chi connectivity index (χ3v) is 4.43. The van der Waals surface area contributed by atoms with Gasteiger partial charge in [0.15, 0.2) is 5.78 Å². The summed E-state index contributed by atoms with van der Waals surface area (Å²) >= 11 is 0. The highest BCUT2D eigenvalue weighted by Gasteiger charge is 2.33. The van der Waals surface area contributed by atoms with Gasteiger partial charge in [0, 0.05) is 17.5 Å². The average Bonchev–Trinajstić information content (AvgIpc) is 2.68. The molecule has 0 radical (unpaired) electrons. The Bertz CT molecular complexity index is 432. The van der Waals surface area contributed by atoms with Crippen molar-refractivity contribution in [3.05, 3.63) is 35.4 Å². The van der Waals surface area contributed by atoms with Gasteiger partial charge in [-0.1, -0.05) is 37.1 Å². The second-order valence-electron chi connectivity index (χ2n) is 5.58. The lowest BCUT2D eigenvalue weighted by Crippen LogP contribution is -2.41. The zero-order chi connectivity index (χ0) is 12.4. The molecule has 1 aliphatic carbocycles. The number of carbonyl (C=O) groups is 1. The maximum Gasteiger partial charge on any atom is 0.167 e. The molecule has 2 nitrogen and oxygen atoms in total. The van der Waals surface area contributed by atoms with E-state index in [-0.39, 0.29) is 5.92 Å². The molecular weight excluding hydrogens is 222 g/mol. The summed E-state index contributed by atoms with van der Waals surface area (Å²) in [6.45, 7) is 1.08. The number of carbonyl (C=O) groups excluding carboxylic acids is 1. The Hall–Kier alpha value is -1.15. The average molecular weight is 243 g/mol. The summed E-state index contributed by atoms with van der Waals surface area (Å²) in [6, 6.07) is 8.54. The zero-order valence-corrected chi connectivity index (χ0v) is 10.8. The van der Waals surface area contributed by atoms with Crippen LogP contribution in [0.1, 0.15) is 48.0 Å². The third-order valence-electron chi connectivity index (χ3n) is 4.43. The number of rotatable bonds is 1. The number of benzene rings is 1. The van der Waals surface area contributed by atoms with Crippen molar-refractivity contribution in [3.63, 3.8) is 0 Å². The number of aryl methyl sites for hydroxylation is 1. The summed E-state index contributed by atoms with van der Waals surface area (Å²) in [7, 11) is 0. The van der Waals surface area contributed by atoms with Crippen LogP contribution < -0.4 is 5.32 Å². The van der Waals surface area contributed by atoms with Crippen molar-refractivity contribution < 1.29 is 4.79 Å². The van der Waals surface area contributed by atoms with E-state index in [2.05, 4.69) is 11.4 Å². The van der Waals surface area contributed by atoms with Crippen molar-refractivity contribution in [1.82, 2.24) is 5.32 Å². The summed E-state index contributed by atoms with van der Waals surface area (Å²) in [5.74, 6) is 0.578. The van der Waals surface area contributed by atoms with Gasteiger partial charge < -0.3 is 5.32 Å². The zero-order valence-electron chi connectivity index (χ0n) is 10.8. The van der Waals surface area contributed by atoms with Gasteiger partial charge in [-0.2, -0.15) is 0 Å². The number of fused-ring (bicyclic) bond motifs is 1. The molecule has 0 unspecified atom stereocenters. The fourth-order valence-corrected chi connectivity index (χ4v) is 3.40. The Labute approximate surface area is 109 Å². The van der Waals surface area contributed by atoms with E-state index in [0.29, 0.717) is 11.8 Å². The van der Waals surface area contributed by atoms with Gasteiger partial charge in [0.25, 0.3) is 0 Å². The number of nitrogens with one attached hydrogen (secondary N) is 1. The molecule has 2 aliphatic rings. The smallest absolute Gasteiger partial charge is 0.167 e. The van der Waals surface area contributed by atoms with Crippen LogP contribution in [0.2, 0.25) is 0 Å². The summed E-state index contributed by atoms with van der Waals surface area (Å²) in [5, 5.41) is 3.59. The minimum absolute atomic E-state index is 0.206. The molecule has 0 bridgehead atoms. The molecule has 2 atom stereocenters. The van der Waals surface area contributed by atoms with E-state index in [0.717, 1.165) is 24.9 Å². The Kier molecular flexibility index (Phi) is 3.46. The van der Waals surface area contributed by atoms with E-state index >= 15 is 0 Å². The quantitative estimate of drug-likeness (QED) is 0.821. The maximum absolute atomic E-state index is 12.6. The van der Waals surface area contributed by atoms with Crippen LogP contribution in [0.25, 0.3) is 0 Å². The topological polar surface area (TPSA) is 29.1 Å². The van der Waals surface area contributed by atoms with Gasteiger partial charge in [-0.05, 0) is 37.8 Å². The standard InChI is InChI=1S/C16H21NO/c18-16-13-7-4-3-6-12(13)9-10-14(16)15-8-2-1-5-11-17-15/h3-4,6-7,14-15,17H,1-2,5,8-11H2/t14-,15-/m0/s1. The van der Waals surface area contributed by atoms with Crippen LogP contribution in [-0.2, 0) is 6.42 Å². The Morgan fingerprint density at radius 2 is 1.94 bits per heavy atom. The molecule has 2 heteroatoms. The summed E-state index contributed by atoms with van der Waals surface area (Å²) in [6.07, 6.45) is 7.08. The Morgan fingerprint density at radius 3 is 2.89 bits per heavy atom. The van der Waals surface area contributed by atoms with Gasteiger partial charge in [-0.3, -0.25) is 4.79 Å². The third kappa shape index (κ3) is 2.22. The fourth-order valence-electron chi connectivity index (χ4n) is 3.40. The molecule has 1 heterocycles. The SMILES string of the molecule is O=C1c2ccccc2CC[C@H]1[C@@H]1CCCCCN1. The van der Waals surface area contributed by atoms with Crippen molar-refractivity contribution in [3.8, 4) is 0 Å². The van der Waals surface area contributed by atoms with E-state index in [9.17, 15) is 4.79 Å². The number of hydrogen-bond acceptors (Lipinski definition) is 2. The van der Waals surface area contributed by atoms with Crippen molar-refractivity contribution >= 4 is 5.78 Å². The van der Waals surface area contributed by atoms with E-state index in [1.807, 2.05) is 18.2 Å². The highest BCUT2D eigenvalue weighted by molar-refractivity contribution is 6.00. The molecule has 18 heavy (non-hydrogen) atoms. The molecule has 0 amide bonds. The van der Waals surface area contributed by atoms with Crippen LogP contribution in [0.4, 0.5) is 0 Å². The summed E-state index contributed by atoms with van der Waals surface area (Å²) < 4.78 is 0. The predicted molar refractivity (Wildman–Crippen MR) is 72.8 cm³/mol. The van der Waals surface area contributed by atoms with Gasteiger partial charge in [0.05, 0.1) is 0 Å². The van der Waals surface area contributed by atoms with Crippen molar-refractivity contribution in [1.29, 1.82) is 0 Å². The second kappa shape index (κ2) is 5.23. The van der Waals surface area contributed by atoms with Gasteiger partial charge in [-0.25, -0.2) is 0 Å². The lowest BCUT2D eigenvalue weighted by Gasteiger charge is -2.30. The van der Waals surface area contributed by atoms with Crippen LogP contribution in [-0.4, -0.2) is 18.4 Å². The lowest BCUT2D eigenvalue weighted by atomic mass is 9.78. The minimum atomic E-state index is 0.206. The van der Waals surface area contributed by atoms with Crippen molar-refractivity contribution in [2.24, 2.45) is 5.92 Å². The largest absolute Gasteiger partial charge is 0.313 e. The predicted octanol–water partition coefficient (Wildman–Crippen LogP) is 2.96. The summed E-state index contributed by atoms with van der Waals surface area (Å²) in [5.41, 5.74) is 2.21. The lowest BCUT2D eigenvalue weighted by molar-refractivity contribution is 0.0865. The number of hydrogen-bond donors (Lipinski definition) is 1. The fraction of sp³-hybridized carbons (Fsp3) is 0.562. The first kappa shape index (κ1) is 11.9. The van der Waals surface area contributed by atoms with Gasteiger partial charge in [0.2, 0.25) is 0 Å². The summed E-state index contributed by atoms with van der Waals surface area (Å²) in [4.78, 5) is 12.6. The molecule has 1 aliphatic heterocycles. The number of Topliss-reactive ketones (excluding diaryl/α,β-unsaturated/α-hetero) is 1. The monoisotopic (exact) mass is 243 g/mol. The molecule has 0 aromatic heterocycles. The van der Waals surface area contributed by atoms with Gasteiger partial charge in [-0.15, -0.1) is 0 Å². The van der Waals surface area contributed by atoms with Gasteiger partial charge in [0.1, 0.15) is 0 Å². The van der Waals surface area contributed by atoms with Crippen LogP contribution in [0, 0.1) is 5.92 Å². The van der Waals surface area contributed by atoms with E-state index < -0.39 is 0 Å². The van der Waals surface area contributed by atoms with E-state index in [1.54, 1.807) is 0 Å². The van der Waals surface area contributed by atoms with Crippen molar-refractivity contribution in [2.75, 3.05) is 6.54 Å². The molecule has 96 valence electrons. The molecule has 1 aromatic rings. The first-order chi connectivity index (χ1) is 8.86.